The fraction of sp³-hybridized carbons (Fsp3) is 0.0435. The first-order chi connectivity index (χ1) is 24.1. The largest absolute Gasteiger partial charge is 0.355 e. The van der Waals surface area contributed by atoms with E-state index in [1.165, 1.54) is 104 Å². The molecule has 7 aromatic rings. The van der Waals surface area contributed by atoms with Gasteiger partial charge in [0.25, 0.3) is 0 Å². The van der Waals surface area contributed by atoms with Crippen molar-refractivity contribution in [3.8, 4) is 33.4 Å². The summed E-state index contributed by atoms with van der Waals surface area (Å²) < 4.78 is 0. The van der Waals surface area contributed by atoms with E-state index in [4.69, 9.17) is 6.58 Å². The van der Waals surface area contributed by atoms with Crippen LogP contribution in [0.2, 0.25) is 0 Å². The molecule has 3 aliphatic heterocycles. The number of hydrogen-bond donors (Lipinski definition) is 1. The highest BCUT2D eigenvalue weighted by atomic mass is 28.3. The molecule has 0 amide bonds. The Kier molecular flexibility index (Phi) is 5.42. The topological polar surface area (TPSA) is 12.0 Å². The van der Waals surface area contributed by atoms with Gasteiger partial charge in [0, 0.05) is 22.9 Å². The first-order valence-corrected chi connectivity index (χ1v) is 19.2. The maximum atomic E-state index is 4.78. The Labute approximate surface area is 288 Å². The molecule has 0 fully saturated rings. The number of para-hydroxylation sites is 2. The molecule has 7 aromatic carbocycles. The van der Waals surface area contributed by atoms with Crippen molar-refractivity contribution in [2.75, 3.05) is 5.32 Å². The molecule has 1 atom stereocenters. The fourth-order valence-corrected chi connectivity index (χ4v) is 15.3. The maximum Gasteiger partial charge on any atom is 0.193 e. The Hall–Kier alpha value is -5.64. The number of fused-ring (bicyclic) bond motifs is 13. The second-order valence-electron chi connectivity index (χ2n) is 14.0. The van der Waals surface area contributed by atoms with E-state index in [0.29, 0.717) is 0 Å². The molecule has 0 saturated carbocycles. The molecular formula is C46H31BNSi. The molecule has 3 heterocycles. The molecule has 49 heavy (non-hydrogen) atoms. The second kappa shape index (κ2) is 9.72. The summed E-state index contributed by atoms with van der Waals surface area (Å²) in [6.07, 6.45) is 0. The third kappa shape index (κ3) is 3.41. The minimum Gasteiger partial charge on any atom is -0.355 e. The number of aryl methyl sites for hydroxylation is 1. The first kappa shape index (κ1) is 27.3. The fourth-order valence-electron chi connectivity index (χ4n) is 9.78. The summed E-state index contributed by atoms with van der Waals surface area (Å²) in [5.41, 5.74) is 19.4. The van der Waals surface area contributed by atoms with Crippen LogP contribution in [0, 0.1) is 6.92 Å². The molecule has 11 rings (SSSR count). The van der Waals surface area contributed by atoms with Gasteiger partial charge >= 0.3 is 0 Å². The number of rotatable bonds is 1. The summed E-state index contributed by atoms with van der Waals surface area (Å²) in [6, 6.07) is 54.9. The molecule has 4 aliphatic rings. The summed E-state index contributed by atoms with van der Waals surface area (Å²) in [4.78, 5) is 0. The molecule has 0 bridgehead atoms. The van der Waals surface area contributed by atoms with Crippen molar-refractivity contribution >= 4 is 64.0 Å². The molecule has 1 nitrogen and oxygen atoms in total. The van der Waals surface area contributed by atoms with Crippen molar-refractivity contribution in [3.05, 3.63) is 174 Å². The summed E-state index contributed by atoms with van der Waals surface area (Å²) in [5, 5.41) is 9.88. The lowest BCUT2D eigenvalue weighted by Crippen LogP contribution is -2.74. The molecule has 0 aromatic heterocycles. The number of nitrogens with one attached hydrogen (secondary N) is 1. The molecule has 1 unspecified atom stereocenters. The normalized spacial score (nSPS) is 16.2. The van der Waals surface area contributed by atoms with Crippen LogP contribution in [-0.2, 0) is 0 Å². The lowest BCUT2D eigenvalue weighted by atomic mass is 9.50. The minimum absolute atomic E-state index is 0.113. The van der Waals surface area contributed by atoms with Gasteiger partial charge in [0.05, 0.1) is 0 Å². The van der Waals surface area contributed by atoms with Crippen molar-refractivity contribution in [1.82, 2.24) is 0 Å². The van der Waals surface area contributed by atoms with Crippen molar-refractivity contribution in [1.29, 1.82) is 0 Å². The van der Waals surface area contributed by atoms with Crippen molar-refractivity contribution in [2.24, 2.45) is 0 Å². The van der Waals surface area contributed by atoms with E-state index in [1.54, 1.807) is 0 Å². The van der Waals surface area contributed by atoms with Gasteiger partial charge in [-0.2, -0.15) is 0 Å². The van der Waals surface area contributed by atoms with Gasteiger partial charge in [-0.3, -0.25) is 0 Å². The average molecular weight is 637 g/mol. The highest BCUT2D eigenvalue weighted by Gasteiger charge is 2.52. The number of allylic oxidation sites excluding steroid dienone is 1. The first-order valence-electron chi connectivity index (χ1n) is 17.2. The number of anilines is 2. The quantitative estimate of drug-likeness (QED) is 0.194. The van der Waals surface area contributed by atoms with Crippen LogP contribution in [0.25, 0.3) is 39.0 Å². The van der Waals surface area contributed by atoms with Gasteiger partial charge in [0.15, 0.2) is 15.4 Å². The van der Waals surface area contributed by atoms with Crippen LogP contribution in [0.5, 0.6) is 0 Å². The average Bonchev–Trinajstić information content (AvgIpc) is 3.44. The zero-order valence-electron chi connectivity index (χ0n) is 27.2. The molecule has 3 heteroatoms. The Morgan fingerprint density at radius 1 is 0.551 bits per heavy atom. The maximum absolute atomic E-state index is 4.78. The highest BCUT2D eigenvalue weighted by Crippen LogP contribution is 2.49. The smallest absolute Gasteiger partial charge is 0.193 e. The summed E-state index contributed by atoms with van der Waals surface area (Å²) >= 11 is 0. The van der Waals surface area contributed by atoms with Crippen LogP contribution in [0.1, 0.15) is 28.2 Å². The zero-order valence-corrected chi connectivity index (χ0v) is 28.2. The molecule has 1 spiro atoms. The lowest BCUT2D eigenvalue weighted by molar-refractivity contribution is 1.04. The Morgan fingerprint density at radius 3 is 1.92 bits per heavy atom. The van der Waals surface area contributed by atoms with E-state index < -0.39 is 8.07 Å². The molecule has 1 N–H and O–H groups in total. The minimum atomic E-state index is -2.63. The van der Waals surface area contributed by atoms with Crippen LogP contribution in [0.4, 0.5) is 11.4 Å². The van der Waals surface area contributed by atoms with E-state index in [1.807, 2.05) is 0 Å². The van der Waals surface area contributed by atoms with Gasteiger partial charge in [-0.25, -0.2) is 0 Å². The highest BCUT2D eigenvalue weighted by molar-refractivity contribution is 7.23. The molecule has 227 valence electrons. The van der Waals surface area contributed by atoms with Crippen molar-refractivity contribution in [2.45, 2.75) is 12.8 Å². The van der Waals surface area contributed by atoms with Gasteiger partial charge in [-0.05, 0) is 83.8 Å². The zero-order chi connectivity index (χ0) is 32.4. The molecule has 1 aliphatic carbocycles. The van der Waals surface area contributed by atoms with Crippen molar-refractivity contribution < 1.29 is 0 Å². The SMILES string of the molecule is C=C1c2ccccc2-c2cccc3c2C1c1cc(C)cc(-c2cccc4c2Nc2ccccc2[Si]42c4ccccc4-c4ccccc42)c1[B]3. The second-order valence-corrected chi connectivity index (χ2v) is 17.7. The van der Waals surface area contributed by atoms with Gasteiger partial charge in [-0.15, -0.1) is 0 Å². The number of benzene rings is 7. The van der Waals surface area contributed by atoms with Crippen LogP contribution in [-0.4, -0.2) is 15.4 Å². The lowest BCUT2D eigenvalue weighted by Gasteiger charge is -2.40. The van der Waals surface area contributed by atoms with E-state index in [9.17, 15) is 0 Å². The third-order valence-electron chi connectivity index (χ3n) is 11.6. The van der Waals surface area contributed by atoms with E-state index >= 15 is 0 Å². The third-order valence-corrected chi connectivity index (χ3v) is 16.6. The molecular weight excluding hydrogens is 605 g/mol. The summed E-state index contributed by atoms with van der Waals surface area (Å²) in [6.45, 7) is 7.03. The van der Waals surface area contributed by atoms with Gasteiger partial charge < -0.3 is 5.32 Å². The van der Waals surface area contributed by atoms with E-state index in [0.717, 1.165) is 0 Å². The molecule has 1 radical (unpaired) electrons. The Balaban J connectivity index is 1.20. The van der Waals surface area contributed by atoms with Crippen LogP contribution in [0.15, 0.2) is 152 Å². The Bertz CT molecular complexity index is 2570. The monoisotopic (exact) mass is 636 g/mol. The van der Waals surface area contributed by atoms with Crippen molar-refractivity contribution in [3.63, 3.8) is 0 Å². The van der Waals surface area contributed by atoms with Gasteiger partial charge in [0.2, 0.25) is 0 Å². The predicted octanol–water partition coefficient (Wildman–Crippen LogP) is 6.87. The van der Waals surface area contributed by atoms with E-state index in [2.05, 4.69) is 165 Å². The standard InChI is InChI=1S/C46H31BNSi/c1-27-25-35(45-36(26-27)43-28(2)29-13-3-4-14-30(29)33-17-11-19-37(47-45)44(33)43)34-18-12-24-42-46(34)48-38-20-7-10-23-41(38)49(42)39-21-8-5-15-31(39)32-16-6-9-22-40(32)49/h3-26,43,48H,2H2,1H3. The van der Waals surface area contributed by atoms with Crippen LogP contribution in [0.3, 0.4) is 0 Å². The van der Waals surface area contributed by atoms with Crippen LogP contribution >= 0.6 is 0 Å². The van der Waals surface area contributed by atoms with E-state index in [-0.39, 0.29) is 5.92 Å². The van der Waals surface area contributed by atoms with Gasteiger partial charge in [0.1, 0.15) is 0 Å². The summed E-state index contributed by atoms with van der Waals surface area (Å²) in [5.74, 6) is 0.113. The van der Waals surface area contributed by atoms with Gasteiger partial charge in [-0.1, -0.05) is 163 Å². The van der Waals surface area contributed by atoms with Crippen LogP contribution < -0.4 is 37.0 Å². The Morgan fingerprint density at radius 2 is 1.14 bits per heavy atom. The molecule has 0 saturated heterocycles. The predicted molar refractivity (Wildman–Crippen MR) is 210 cm³/mol. The number of hydrogen-bond acceptors (Lipinski definition) is 1. The summed E-state index contributed by atoms with van der Waals surface area (Å²) in [7, 11) is -0.181.